The van der Waals surface area contributed by atoms with E-state index < -0.39 is 0 Å². The number of aromatic nitrogens is 3. The van der Waals surface area contributed by atoms with Crippen molar-refractivity contribution < 1.29 is 9.47 Å². The van der Waals surface area contributed by atoms with Crippen LogP contribution >= 0.6 is 27.7 Å². The summed E-state index contributed by atoms with van der Waals surface area (Å²) in [7, 11) is 0. The predicted octanol–water partition coefficient (Wildman–Crippen LogP) is 3.12. The van der Waals surface area contributed by atoms with Crippen molar-refractivity contribution >= 4 is 27.7 Å². The number of rotatable bonds is 3. The summed E-state index contributed by atoms with van der Waals surface area (Å²) in [6.45, 7) is 7.34. The highest BCUT2D eigenvalue weighted by atomic mass is 79.9. The van der Waals surface area contributed by atoms with E-state index in [0.717, 1.165) is 27.4 Å². The molecule has 0 saturated carbocycles. The van der Waals surface area contributed by atoms with Crippen molar-refractivity contribution in [3.8, 4) is 11.5 Å². The van der Waals surface area contributed by atoms with Crippen LogP contribution in [0.15, 0.2) is 21.8 Å². The first-order chi connectivity index (χ1) is 10.9. The van der Waals surface area contributed by atoms with Gasteiger partial charge < -0.3 is 15.3 Å². The van der Waals surface area contributed by atoms with E-state index in [-0.39, 0.29) is 5.41 Å². The molecule has 0 saturated heterocycles. The van der Waals surface area contributed by atoms with Gasteiger partial charge in [-0.2, -0.15) is 0 Å². The third kappa shape index (κ3) is 3.42. The van der Waals surface area contributed by atoms with Gasteiger partial charge in [0.15, 0.2) is 17.3 Å². The van der Waals surface area contributed by atoms with E-state index in [1.165, 1.54) is 11.8 Å². The molecule has 0 bridgehead atoms. The average Bonchev–Trinajstić information content (AvgIpc) is 2.86. The molecular weight excluding hydrogens is 380 g/mol. The minimum atomic E-state index is -0.141. The predicted molar refractivity (Wildman–Crippen MR) is 93.6 cm³/mol. The Morgan fingerprint density at radius 1 is 1.22 bits per heavy atom. The van der Waals surface area contributed by atoms with Crippen molar-refractivity contribution in [2.45, 2.75) is 37.1 Å². The molecule has 23 heavy (non-hydrogen) atoms. The number of fused-ring (bicyclic) bond motifs is 1. The lowest BCUT2D eigenvalue weighted by Gasteiger charge is -2.20. The van der Waals surface area contributed by atoms with E-state index in [4.69, 9.17) is 15.3 Å². The molecule has 2 N–H and O–H groups in total. The number of nitrogen functional groups attached to an aromatic ring is 1. The van der Waals surface area contributed by atoms with Gasteiger partial charge in [-0.1, -0.05) is 48.5 Å². The topological polar surface area (TPSA) is 75.2 Å². The van der Waals surface area contributed by atoms with Crippen LogP contribution in [0.25, 0.3) is 0 Å². The largest absolute Gasteiger partial charge is 0.486 e. The van der Waals surface area contributed by atoms with Gasteiger partial charge in [0.05, 0.1) is 0 Å². The third-order valence-corrected chi connectivity index (χ3v) is 5.13. The normalized spacial score (nSPS) is 14.1. The molecule has 1 aromatic carbocycles. The second kappa shape index (κ2) is 6.24. The standard InChI is InChI=1S/C15H19BrN4O2S/c1-15(2,3)13-18-19-14(20(13)17)23-8-9-6-11-12(7-10(9)16)22-5-4-21-11/h6-7H,4-5,8,17H2,1-3H3. The van der Waals surface area contributed by atoms with E-state index in [0.29, 0.717) is 24.1 Å². The van der Waals surface area contributed by atoms with Crippen LogP contribution in [-0.2, 0) is 11.2 Å². The smallest absolute Gasteiger partial charge is 0.210 e. The fourth-order valence-corrected chi connectivity index (χ4v) is 3.74. The Bertz CT molecular complexity index is 727. The first-order valence-corrected chi connectivity index (χ1v) is 9.06. The Morgan fingerprint density at radius 2 is 1.87 bits per heavy atom. The van der Waals surface area contributed by atoms with Crippen molar-refractivity contribution in [1.82, 2.24) is 14.9 Å². The maximum atomic E-state index is 6.12. The van der Waals surface area contributed by atoms with Crippen molar-refractivity contribution in [1.29, 1.82) is 0 Å². The molecule has 1 aliphatic rings. The fraction of sp³-hybridized carbons (Fsp3) is 0.467. The van der Waals surface area contributed by atoms with Crippen molar-refractivity contribution in [2.24, 2.45) is 0 Å². The summed E-state index contributed by atoms with van der Waals surface area (Å²) in [6.07, 6.45) is 0. The SMILES string of the molecule is CC(C)(C)c1nnc(SCc2cc3c(cc2Br)OCCO3)n1N. The molecule has 0 aliphatic carbocycles. The minimum Gasteiger partial charge on any atom is -0.486 e. The lowest BCUT2D eigenvalue weighted by atomic mass is 9.96. The Kier molecular flexibility index (Phi) is 4.46. The zero-order valence-electron chi connectivity index (χ0n) is 13.3. The number of nitrogens with two attached hydrogens (primary N) is 1. The van der Waals surface area contributed by atoms with Crippen LogP contribution in [0.3, 0.4) is 0 Å². The van der Waals surface area contributed by atoms with E-state index in [9.17, 15) is 0 Å². The first-order valence-electron chi connectivity index (χ1n) is 7.28. The number of hydrogen-bond acceptors (Lipinski definition) is 6. The summed E-state index contributed by atoms with van der Waals surface area (Å²) in [5.41, 5.74) is 0.956. The van der Waals surface area contributed by atoms with Crippen LogP contribution in [0.5, 0.6) is 11.5 Å². The Hall–Kier alpha value is -1.41. The van der Waals surface area contributed by atoms with Gasteiger partial charge in [-0.05, 0) is 17.7 Å². The highest BCUT2D eigenvalue weighted by Gasteiger charge is 2.23. The minimum absolute atomic E-state index is 0.141. The van der Waals surface area contributed by atoms with Gasteiger partial charge in [-0.3, -0.25) is 0 Å². The molecule has 6 nitrogen and oxygen atoms in total. The maximum Gasteiger partial charge on any atom is 0.210 e. The maximum absolute atomic E-state index is 6.12. The van der Waals surface area contributed by atoms with Gasteiger partial charge in [0.25, 0.3) is 0 Å². The van der Waals surface area contributed by atoms with Crippen molar-refractivity contribution in [3.63, 3.8) is 0 Å². The lowest BCUT2D eigenvalue weighted by Crippen LogP contribution is -2.24. The summed E-state index contributed by atoms with van der Waals surface area (Å²) in [5.74, 6) is 9.14. The number of thioether (sulfide) groups is 1. The molecule has 124 valence electrons. The second-order valence-electron chi connectivity index (χ2n) is 6.30. The molecule has 0 amide bonds. The van der Waals surface area contributed by atoms with Crippen LogP contribution < -0.4 is 15.3 Å². The molecule has 0 atom stereocenters. The molecule has 0 unspecified atom stereocenters. The Labute approximate surface area is 147 Å². The molecule has 1 aromatic heterocycles. The summed E-state index contributed by atoms with van der Waals surface area (Å²) in [5, 5.41) is 9.09. The van der Waals surface area contributed by atoms with Gasteiger partial charge in [0, 0.05) is 15.6 Å². The van der Waals surface area contributed by atoms with Gasteiger partial charge in [0.2, 0.25) is 5.16 Å². The zero-order chi connectivity index (χ0) is 16.6. The molecule has 2 aromatic rings. The van der Waals surface area contributed by atoms with Crippen LogP contribution in [-0.4, -0.2) is 28.1 Å². The fourth-order valence-electron chi connectivity index (χ4n) is 2.25. The summed E-state index contributed by atoms with van der Waals surface area (Å²) >= 11 is 5.12. The molecule has 2 heterocycles. The molecule has 0 fully saturated rings. The number of hydrogen-bond donors (Lipinski definition) is 1. The monoisotopic (exact) mass is 398 g/mol. The van der Waals surface area contributed by atoms with E-state index in [1.807, 2.05) is 12.1 Å². The summed E-state index contributed by atoms with van der Waals surface area (Å²) in [6, 6.07) is 3.94. The van der Waals surface area contributed by atoms with E-state index in [2.05, 4.69) is 46.9 Å². The van der Waals surface area contributed by atoms with Gasteiger partial charge >= 0.3 is 0 Å². The first kappa shape index (κ1) is 16.4. The molecular formula is C15H19BrN4O2S. The number of benzene rings is 1. The number of ether oxygens (including phenoxy) is 2. The molecule has 1 aliphatic heterocycles. The average molecular weight is 399 g/mol. The van der Waals surface area contributed by atoms with Crippen LogP contribution in [0.1, 0.15) is 32.2 Å². The highest BCUT2D eigenvalue weighted by Crippen LogP contribution is 2.37. The van der Waals surface area contributed by atoms with Gasteiger partial charge in [-0.15, -0.1) is 10.2 Å². The lowest BCUT2D eigenvalue weighted by molar-refractivity contribution is 0.171. The van der Waals surface area contributed by atoms with E-state index in [1.54, 1.807) is 4.68 Å². The quantitative estimate of drug-likeness (QED) is 0.632. The Morgan fingerprint density at radius 3 is 2.48 bits per heavy atom. The summed E-state index contributed by atoms with van der Waals surface area (Å²) in [4.78, 5) is 0. The Balaban J connectivity index is 1.78. The summed E-state index contributed by atoms with van der Waals surface area (Å²) < 4.78 is 13.8. The zero-order valence-corrected chi connectivity index (χ0v) is 15.7. The molecule has 3 rings (SSSR count). The van der Waals surface area contributed by atoms with Crippen LogP contribution in [0.2, 0.25) is 0 Å². The van der Waals surface area contributed by atoms with Gasteiger partial charge in [0.1, 0.15) is 13.2 Å². The van der Waals surface area contributed by atoms with Gasteiger partial charge in [-0.25, -0.2) is 4.68 Å². The number of nitrogens with zero attached hydrogens (tertiary/aromatic N) is 3. The second-order valence-corrected chi connectivity index (χ2v) is 8.10. The van der Waals surface area contributed by atoms with Crippen molar-refractivity contribution in [3.05, 3.63) is 28.0 Å². The van der Waals surface area contributed by atoms with Crippen LogP contribution in [0.4, 0.5) is 0 Å². The van der Waals surface area contributed by atoms with E-state index >= 15 is 0 Å². The number of halogens is 1. The third-order valence-electron chi connectivity index (χ3n) is 3.40. The molecule has 8 heteroatoms. The molecule has 0 radical (unpaired) electrons. The van der Waals surface area contributed by atoms with Crippen LogP contribution in [0, 0.1) is 0 Å². The molecule has 0 spiro atoms. The van der Waals surface area contributed by atoms with Crippen molar-refractivity contribution in [2.75, 3.05) is 19.1 Å². The highest BCUT2D eigenvalue weighted by molar-refractivity contribution is 9.10.